The number of benzene rings is 2. The van der Waals surface area contributed by atoms with E-state index in [1.54, 1.807) is 32.3 Å². The number of aromatic nitrogens is 3. The van der Waals surface area contributed by atoms with E-state index in [2.05, 4.69) is 15.0 Å². The van der Waals surface area contributed by atoms with Crippen LogP contribution in [0.25, 0.3) is 33.1 Å². The largest absolute Gasteiger partial charge is 0.264 e. The molecule has 0 amide bonds. The summed E-state index contributed by atoms with van der Waals surface area (Å²) < 4.78 is 53.5. The normalized spacial score (nSPS) is 11.0. The lowest BCUT2D eigenvalue weighted by molar-refractivity contribution is 0.590. The highest BCUT2D eigenvalue weighted by molar-refractivity contribution is 6.39. The molecule has 3 nitrogen and oxygen atoms in total. The summed E-state index contributed by atoms with van der Waals surface area (Å²) in [7, 11) is 0. The molecular weight excluding hydrogens is 525 g/mol. The molecule has 0 saturated carbocycles. The topological polar surface area (TPSA) is 38.7 Å². The molecule has 35 heavy (non-hydrogen) atoms. The van der Waals surface area contributed by atoms with Gasteiger partial charge in [-0.05, 0) is 31.5 Å². The third-order valence-corrected chi connectivity index (χ3v) is 6.53. The highest BCUT2D eigenvalue weighted by Gasteiger charge is 2.16. The SMILES string of the molecule is Cc1c(-c2cccnc2)nc2cc(F)cc(F)c2c1Cl.Cc1c(Cl)nc2cc(F)cc(F)c2c1Cl. The van der Waals surface area contributed by atoms with Gasteiger partial charge in [0, 0.05) is 47.8 Å². The molecule has 0 aliphatic heterocycles. The van der Waals surface area contributed by atoms with Crippen LogP contribution in [-0.4, -0.2) is 15.0 Å². The zero-order chi connectivity index (χ0) is 25.4. The zero-order valence-electron chi connectivity index (χ0n) is 18.1. The van der Waals surface area contributed by atoms with E-state index in [1.165, 1.54) is 6.07 Å². The summed E-state index contributed by atoms with van der Waals surface area (Å²) in [6.07, 6.45) is 3.27. The van der Waals surface area contributed by atoms with Gasteiger partial charge in [-0.2, -0.15) is 0 Å². The number of hydrogen-bond acceptors (Lipinski definition) is 3. The lowest BCUT2D eigenvalue weighted by Crippen LogP contribution is -1.95. The molecule has 0 bridgehead atoms. The second-order valence-corrected chi connectivity index (χ2v) is 8.66. The lowest BCUT2D eigenvalue weighted by Gasteiger charge is -2.11. The first-order valence-corrected chi connectivity index (χ1v) is 11.2. The Bertz CT molecular complexity index is 1600. The van der Waals surface area contributed by atoms with Gasteiger partial charge in [0.2, 0.25) is 0 Å². The van der Waals surface area contributed by atoms with Gasteiger partial charge < -0.3 is 0 Å². The number of nitrogens with zero attached hydrogens (tertiary/aromatic N) is 3. The Morgan fingerprint density at radius 1 is 0.714 bits per heavy atom. The summed E-state index contributed by atoms with van der Waals surface area (Å²) in [5.41, 5.74) is 2.75. The van der Waals surface area contributed by atoms with Gasteiger partial charge in [0.25, 0.3) is 0 Å². The van der Waals surface area contributed by atoms with Crippen molar-refractivity contribution in [1.82, 2.24) is 15.0 Å². The van der Waals surface area contributed by atoms with Crippen LogP contribution in [-0.2, 0) is 0 Å². The Morgan fingerprint density at radius 3 is 1.80 bits per heavy atom. The Morgan fingerprint density at radius 2 is 1.26 bits per heavy atom. The highest BCUT2D eigenvalue weighted by atomic mass is 35.5. The molecule has 5 aromatic rings. The number of fused-ring (bicyclic) bond motifs is 2. The van der Waals surface area contributed by atoms with E-state index in [-0.39, 0.29) is 37.0 Å². The molecule has 178 valence electrons. The Labute approximate surface area is 212 Å². The van der Waals surface area contributed by atoms with Crippen LogP contribution in [0.1, 0.15) is 11.1 Å². The minimum Gasteiger partial charge on any atom is -0.264 e. The number of rotatable bonds is 1. The van der Waals surface area contributed by atoms with E-state index in [1.807, 2.05) is 6.07 Å². The van der Waals surface area contributed by atoms with Crippen LogP contribution in [0.15, 0.2) is 48.8 Å². The standard InChI is InChI=1S/C15H9ClF2N2.C10H5Cl2F2N/c1-8-14(16)13-11(18)5-10(17)6-12(13)20-15(8)9-3-2-4-19-7-9;1-4-9(11)8-6(14)2-5(13)3-7(8)15-10(4)12/h2-7H,1H3;2-3H,1H3. The van der Waals surface area contributed by atoms with Crippen molar-refractivity contribution in [2.24, 2.45) is 0 Å². The molecule has 0 unspecified atom stereocenters. The average Bonchev–Trinajstić information content (AvgIpc) is 2.80. The molecular formula is C25H14Cl3F4N3. The Hall–Kier alpha value is -3.00. The molecule has 3 heterocycles. The average molecular weight is 539 g/mol. The quantitative estimate of drug-likeness (QED) is 0.158. The Kier molecular flexibility index (Phi) is 7.12. The van der Waals surface area contributed by atoms with E-state index in [9.17, 15) is 17.6 Å². The summed E-state index contributed by atoms with van der Waals surface area (Å²) in [5, 5.41) is 0.796. The fourth-order valence-corrected chi connectivity index (χ4v) is 4.27. The van der Waals surface area contributed by atoms with Crippen LogP contribution < -0.4 is 0 Å². The molecule has 5 rings (SSSR count). The lowest BCUT2D eigenvalue weighted by atomic mass is 10.1. The van der Waals surface area contributed by atoms with Crippen molar-refractivity contribution in [2.45, 2.75) is 13.8 Å². The Balaban J connectivity index is 0.000000172. The van der Waals surface area contributed by atoms with Crippen LogP contribution in [0.4, 0.5) is 17.6 Å². The predicted molar refractivity (Wildman–Crippen MR) is 131 cm³/mol. The van der Waals surface area contributed by atoms with Gasteiger partial charge in [0.05, 0.1) is 37.5 Å². The van der Waals surface area contributed by atoms with Crippen LogP contribution >= 0.6 is 34.8 Å². The smallest absolute Gasteiger partial charge is 0.137 e. The molecule has 0 atom stereocenters. The van der Waals surface area contributed by atoms with Gasteiger partial charge in [-0.25, -0.2) is 27.5 Å². The summed E-state index contributed by atoms with van der Waals surface area (Å²) in [5.74, 6) is -2.83. The van der Waals surface area contributed by atoms with Crippen molar-refractivity contribution in [1.29, 1.82) is 0 Å². The van der Waals surface area contributed by atoms with E-state index in [4.69, 9.17) is 34.8 Å². The van der Waals surface area contributed by atoms with Crippen LogP contribution in [0, 0.1) is 37.1 Å². The molecule has 2 aromatic carbocycles. The molecule has 0 fully saturated rings. The van der Waals surface area contributed by atoms with Gasteiger partial charge in [-0.3, -0.25) is 4.98 Å². The minimum atomic E-state index is -0.734. The van der Waals surface area contributed by atoms with E-state index in [0.717, 1.165) is 23.8 Å². The number of halogens is 7. The van der Waals surface area contributed by atoms with Gasteiger partial charge >= 0.3 is 0 Å². The first-order valence-electron chi connectivity index (χ1n) is 10.0. The summed E-state index contributed by atoms with van der Waals surface area (Å²) in [6.45, 7) is 3.37. The predicted octanol–water partition coefficient (Wildman–Crippen LogP) is 8.67. The zero-order valence-corrected chi connectivity index (χ0v) is 20.4. The van der Waals surface area contributed by atoms with Gasteiger partial charge in [0.15, 0.2) is 0 Å². The van der Waals surface area contributed by atoms with Gasteiger partial charge in [0.1, 0.15) is 28.4 Å². The van der Waals surface area contributed by atoms with Crippen molar-refractivity contribution < 1.29 is 17.6 Å². The van der Waals surface area contributed by atoms with Gasteiger partial charge in [-0.15, -0.1) is 0 Å². The van der Waals surface area contributed by atoms with E-state index in [0.29, 0.717) is 16.8 Å². The molecule has 0 N–H and O–H groups in total. The fraction of sp³-hybridized carbons (Fsp3) is 0.0800. The third-order valence-electron chi connectivity index (χ3n) is 5.22. The first-order chi connectivity index (χ1) is 16.6. The first kappa shape index (κ1) is 25.1. The maximum atomic E-state index is 13.8. The van der Waals surface area contributed by atoms with Crippen molar-refractivity contribution in [3.8, 4) is 11.3 Å². The number of hydrogen-bond donors (Lipinski definition) is 0. The molecule has 0 spiro atoms. The van der Waals surface area contributed by atoms with Crippen molar-refractivity contribution >= 4 is 56.6 Å². The van der Waals surface area contributed by atoms with Crippen molar-refractivity contribution in [3.05, 3.63) is 98.4 Å². The maximum absolute atomic E-state index is 13.8. The second kappa shape index (κ2) is 9.93. The molecule has 10 heteroatoms. The molecule has 0 saturated heterocycles. The minimum absolute atomic E-state index is 0.0972. The van der Waals surface area contributed by atoms with Crippen molar-refractivity contribution in [2.75, 3.05) is 0 Å². The molecule has 0 radical (unpaired) electrons. The van der Waals surface area contributed by atoms with Crippen LogP contribution in [0.3, 0.4) is 0 Å². The molecule has 0 aliphatic rings. The molecule has 3 aromatic heterocycles. The highest BCUT2D eigenvalue weighted by Crippen LogP contribution is 2.34. The maximum Gasteiger partial charge on any atom is 0.137 e. The molecule has 0 aliphatic carbocycles. The fourth-order valence-electron chi connectivity index (χ4n) is 3.48. The van der Waals surface area contributed by atoms with Gasteiger partial charge in [-0.1, -0.05) is 34.8 Å². The van der Waals surface area contributed by atoms with Crippen LogP contribution in [0.5, 0.6) is 0 Å². The summed E-state index contributed by atoms with van der Waals surface area (Å²) in [4.78, 5) is 12.2. The second-order valence-electron chi connectivity index (χ2n) is 7.55. The van der Waals surface area contributed by atoms with E-state index < -0.39 is 23.3 Å². The third kappa shape index (κ3) is 4.89. The summed E-state index contributed by atoms with van der Waals surface area (Å²) in [6, 6.07) is 7.42. The number of pyridine rings is 3. The monoisotopic (exact) mass is 537 g/mol. The summed E-state index contributed by atoms with van der Waals surface area (Å²) >= 11 is 17.9. The van der Waals surface area contributed by atoms with Crippen LogP contribution in [0.2, 0.25) is 15.2 Å². The van der Waals surface area contributed by atoms with Crippen molar-refractivity contribution in [3.63, 3.8) is 0 Å². The van der Waals surface area contributed by atoms with E-state index >= 15 is 0 Å².